The first-order valence-electron chi connectivity index (χ1n) is 9.43. The molecule has 1 aromatic carbocycles. The van der Waals surface area contributed by atoms with Gasteiger partial charge in [0.25, 0.3) is 0 Å². The number of nitrogens with two attached hydrogens (primary N) is 1. The lowest BCUT2D eigenvalue weighted by Crippen LogP contribution is -2.34. The molecule has 0 fully saturated rings. The van der Waals surface area contributed by atoms with Crippen LogP contribution in [0.2, 0.25) is 0 Å². The van der Waals surface area contributed by atoms with Crippen LogP contribution in [0.1, 0.15) is 17.5 Å². The molecule has 4 N–H and O–H groups in total. The van der Waals surface area contributed by atoms with Gasteiger partial charge in [0.1, 0.15) is 5.82 Å². The number of pyridine rings is 1. The highest BCUT2D eigenvalue weighted by atomic mass is 32.2. The molecule has 0 saturated carbocycles. The van der Waals surface area contributed by atoms with Gasteiger partial charge in [0.05, 0.1) is 11.4 Å². The van der Waals surface area contributed by atoms with Crippen LogP contribution in [0.25, 0.3) is 0 Å². The predicted molar refractivity (Wildman–Crippen MR) is 114 cm³/mol. The normalized spacial score (nSPS) is 11.3. The van der Waals surface area contributed by atoms with E-state index < -0.39 is 10.0 Å². The number of benzene rings is 1. The number of carbonyl (C=O) groups is 2. The van der Waals surface area contributed by atoms with Gasteiger partial charge in [-0.3, -0.25) is 14.5 Å². The van der Waals surface area contributed by atoms with E-state index >= 15 is 0 Å². The number of aryl methyl sites for hydroxylation is 1. The van der Waals surface area contributed by atoms with Crippen LogP contribution in [-0.4, -0.2) is 56.8 Å². The number of hydrogen-bond donors (Lipinski definition) is 3. The zero-order valence-electron chi connectivity index (χ0n) is 17.1. The highest BCUT2D eigenvalue weighted by molar-refractivity contribution is 7.89. The SMILES string of the molecule is Cc1ccc(NC(=O)CN(C)CCC(=O)NCCc2ccc(S(N)(=O)=O)cc2)nc1. The zero-order chi connectivity index (χ0) is 22.1. The summed E-state index contributed by atoms with van der Waals surface area (Å²) in [6.45, 7) is 2.93. The molecule has 30 heavy (non-hydrogen) atoms. The number of aromatic nitrogens is 1. The minimum atomic E-state index is -3.70. The van der Waals surface area contributed by atoms with Crippen LogP contribution in [0.3, 0.4) is 0 Å². The number of carbonyl (C=O) groups excluding carboxylic acids is 2. The van der Waals surface area contributed by atoms with Crippen molar-refractivity contribution in [2.24, 2.45) is 5.14 Å². The summed E-state index contributed by atoms with van der Waals surface area (Å²) < 4.78 is 22.5. The summed E-state index contributed by atoms with van der Waals surface area (Å²) in [5, 5.41) is 10.6. The predicted octanol–water partition coefficient (Wildman–Crippen LogP) is 0.657. The van der Waals surface area contributed by atoms with Gasteiger partial charge in [-0.2, -0.15) is 0 Å². The Bertz CT molecular complexity index is 960. The van der Waals surface area contributed by atoms with Crippen LogP contribution >= 0.6 is 0 Å². The van der Waals surface area contributed by atoms with Crippen molar-refractivity contribution >= 4 is 27.7 Å². The molecular weight excluding hydrogens is 406 g/mol. The quantitative estimate of drug-likeness (QED) is 0.504. The number of amides is 2. The van der Waals surface area contributed by atoms with Crippen molar-refractivity contribution in [2.45, 2.75) is 24.7 Å². The first-order valence-corrected chi connectivity index (χ1v) is 11.0. The summed E-state index contributed by atoms with van der Waals surface area (Å²) in [6.07, 6.45) is 2.51. The fourth-order valence-electron chi connectivity index (χ4n) is 2.62. The zero-order valence-corrected chi connectivity index (χ0v) is 17.9. The van der Waals surface area contributed by atoms with Crippen LogP contribution < -0.4 is 15.8 Å². The van der Waals surface area contributed by atoms with E-state index in [1.807, 2.05) is 13.0 Å². The lowest BCUT2D eigenvalue weighted by Gasteiger charge is -2.16. The van der Waals surface area contributed by atoms with Crippen LogP contribution in [0.4, 0.5) is 5.82 Å². The molecular formula is C20H27N5O4S. The smallest absolute Gasteiger partial charge is 0.239 e. The average molecular weight is 434 g/mol. The largest absolute Gasteiger partial charge is 0.356 e. The van der Waals surface area contributed by atoms with Crippen LogP contribution in [-0.2, 0) is 26.0 Å². The van der Waals surface area contributed by atoms with Crippen molar-refractivity contribution in [1.29, 1.82) is 0 Å². The van der Waals surface area contributed by atoms with Gasteiger partial charge in [0, 0.05) is 25.7 Å². The second-order valence-corrected chi connectivity index (χ2v) is 8.61. The molecule has 0 aliphatic rings. The van der Waals surface area contributed by atoms with Crippen molar-refractivity contribution < 1.29 is 18.0 Å². The lowest BCUT2D eigenvalue weighted by molar-refractivity contribution is -0.122. The van der Waals surface area contributed by atoms with Crippen LogP contribution in [0.15, 0.2) is 47.5 Å². The number of hydrogen-bond acceptors (Lipinski definition) is 6. The van der Waals surface area contributed by atoms with Crippen LogP contribution in [0, 0.1) is 6.92 Å². The second kappa shape index (κ2) is 10.8. The maximum absolute atomic E-state index is 12.0. The van der Waals surface area contributed by atoms with Gasteiger partial charge in [0.2, 0.25) is 21.8 Å². The van der Waals surface area contributed by atoms with E-state index in [0.717, 1.165) is 11.1 Å². The Hall–Kier alpha value is -2.82. The van der Waals surface area contributed by atoms with Gasteiger partial charge in [-0.15, -0.1) is 0 Å². The number of anilines is 1. The minimum Gasteiger partial charge on any atom is -0.356 e. The molecule has 10 heteroatoms. The molecule has 0 atom stereocenters. The molecule has 0 unspecified atom stereocenters. The number of rotatable bonds is 10. The van der Waals surface area contributed by atoms with Crippen molar-refractivity contribution in [1.82, 2.24) is 15.2 Å². The monoisotopic (exact) mass is 433 g/mol. The summed E-state index contributed by atoms with van der Waals surface area (Å²) >= 11 is 0. The highest BCUT2D eigenvalue weighted by Crippen LogP contribution is 2.09. The summed E-state index contributed by atoms with van der Waals surface area (Å²) in [5.41, 5.74) is 1.90. The molecule has 0 spiro atoms. The van der Waals surface area contributed by atoms with Crippen molar-refractivity contribution in [3.63, 3.8) is 0 Å². The summed E-state index contributed by atoms with van der Waals surface area (Å²) in [6, 6.07) is 9.83. The molecule has 9 nitrogen and oxygen atoms in total. The summed E-state index contributed by atoms with van der Waals surface area (Å²) in [5.74, 6) is 0.176. The molecule has 2 amide bonds. The average Bonchev–Trinajstić information content (AvgIpc) is 2.68. The molecule has 0 aliphatic heterocycles. The Morgan fingerprint density at radius 2 is 1.80 bits per heavy atom. The van der Waals surface area contributed by atoms with Gasteiger partial charge in [0.15, 0.2) is 0 Å². The van der Waals surface area contributed by atoms with Gasteiger partial charge in [-0.25, -0.2) is 18.5 Å². The van der Waals surface area contributed by atoms with Gasteiger partial charge in [-0.05, 0) is 49.7 Å². The van der Waals surface area contributed by atoms with E-state index in [1.54, 1.807) is 36.3 Å². The van der Waals surface area contributed by atoms with Crippen LogP contribution in [0.5, 0.6) is 0 Å². The Morgan fingerprint density at radius 1 is 1.10 bits per heavy atom. The Balaban J connectivity index is 1.65. The molecule has 1 heterocycles. The number of sulfonamides is 1. The maximum atomic E-state index is 12.0. The number of nitrogens with zero attached hydrogens (tertiary/aromatic N) is 2. The lowest BCUT2D eigenvalue weighted by atomic mass is 10.1. The van der Waals surface area contributed by atoms with Gasteiger partial charge in [-0.1, -0.05) is 18.2 Å². The second-order valence-electron chi connectivity index (χ2n) is 7.05. The van der Waals surface area contributed by atoms with Crippen molar-refractivity contribution in [2.75, 3.05) is 32.0 Å². The molecule has 2 rings (SSSR count). The topological polar surface area (TPSA) is 134 Å². The third-order valence-electron chi connectivity index (χ3n) is 4.30. The molecule has 1 aromatic heterocycles. The molecule has 0 aliphatic carbocycles. The Morgan fingerprint density at radius 3 is 2.40 bits per heavy atom. The minimum absolute atomic E-state index is 0.0560. The maximum Gasteiger partial charge on any atom is 0.239 e. The fraction of sp³-hybridized carbons (Fsp3) is 0.350. The van der Waals surface area contributed by atoms with E-state index in [0.29, 0.717) is 25.3 Å². The number of nitrogens with one attached hydrogen (secondary N) is 2. The first kappa shape index (κ1) is 23.5. The first-order chi connectivity index (χ1) is 14.1. The van der Waals surface area contributed by atoms with E-state index in [2.05, 4.69) is 15.6 Å². The van der Waals surface area contributed by atoms with E-state index in [9.17, 15) is 18.0 Å². The summed E-state index contributed by atoms with van der Waals surface area (Å²) in [7, 11) is -1.94. The van der Waals surface area contributed by atoms with Gasteiger partial charge < -0.3 is 10.6 Å². The molecule has 2 aromatic rings. The third-order valence-corrected chi connectivity index (χ3v) is 5.23. The number of primary sulfonamides is 1. The van der Waals surface area contributed by atoms with Gasteiger partial charge >= 0.3 is 0 Å². The molecule has 0 bridgehead atoms. The third kappa shape index (κ3) is 8.27. The Labute approximate surface area is 176 Å². The standard InChI is InChI=1S/C20H27N5O4S/c1-15-3-8-18(23-13-15)24-20(27)14-25(2)12-10-19(26)22-11-9-16-4-6-17(7-5-16)30(21,28)29/h3-8,13H,9-12,14H2,1-2H3,(H,22,26)(H2,21,28,29)(H,23,24,27). The van der Waals surface area contributed by atoms with Crippen molar-refractivity contribution in [3.8, 4) is 0 Å². The molecule has 162 valence electrons. The molecule has 0 radical (unpaired) electrons. The molecule has 0 saturated heterocycles. The van der Waals surface area contributed by atoms with E-state index in [4.69, 9.17) is 5.14 Å². The summed E-state index contributed by atoms with van der Waals surface area (Å²) in [4.78, 5) is 30.0. The highest BCUT2D eigenvalue weighted by Gasteiger charge is 2.10. The number of likely N-dealkylation sites (N-methyl/N-ethyl adjacent to an activating group) is 1. The van der Waals surface area contributed by atoms with E-state index in [1.165, 1.54) is 12.1 Å². The Kier molecular flexibility index (Phi) is 8.46. The van der Waals surface area contributed by atoms with E-state index in [-0.39, 0.29) is 29.7 Å². The van der Waals surface area contributed by atoms with Crippen molar-refractivity contribution in [3.05, 3.63) is 53.7 Å². The fourth-order valence-corrected chi connectivity index (χ4v) is 3.14.